The third-order valence-electron chi connectivity index (χ3n) is 4.74. The lowest BCUT2D eigenvalue weighted by Crippen LogP contribution is -2.43. The Balaban J connectivity index is 1.86. The highest BCUT2D eigenvalue weighted by Gasteiger charge is 2.51. The maximum absolute atomic E-state index is 13.2. The van der Waals surface area contributed by atoms with Crippen molar-refractivity contribution in [2.75, 3.05) is 13.7 Å². The molecule has 6 nitrogen and oxygen atoms in total. The maximum Gasteiger partial charge on any atom is 0.325 e. The van der Waals surface area contributed by atoms with Gasteiger partial charge >= 0.3 is 6.03 Å². The molecule has 140 valence electrons. The maximum atomic E-state index is 13.2. The number of halogens is 1. The third kappa shape index (κ3) is 3.28. The van der Waals surface area contributed by atoms with Crippen molar-refractivity contribution < 1.29 is 23.5 Å². The van der Waals surface area contributed by atoms with Crippen molar-refractivity contribution in [3.8, 4) is 5.75 Å². The fraction of sp³-hybridized carbons (Fsp3) is 0.250. The zero-order valence-electron chi connectivity index (χ0n) is 15.0. The van der Waals surface area contributed by atoms with Gasteiger partial charge in [-0.3, -0.25) is 14.5 Å². The van der Waals surface area contributed by atoms with Crippen molar-refractivity contribution in [1.29, 1.82) is 0 Å². The molecule has 0 unspecified atom stereocenters. The van der Waals surface area contributed by atoms with Crippen molar-refractivity contribution in [1.82, 2.24) is 10.2 Å². The average Bonchev–Trinajstić information content (AvgIpc) is 2.93. The molecule has 1 aliphatic heterocycles. The summed E-state index contributed by atoms with van der Waals surface area (Å²) in [5.74, 6) is -0.847. The number of ketones is 1. The molecule has 1 heterocycles. The van der Waals surface area contributed by atoms with Crippen molar-refractivity contribution in [3.05, 3.63) is 65.5 Å². The fourth-order valence-corrected chi connectivity index (χ4v) is 3.17. The van der Waals surface area contributed by atoms with E-state index in [4.69, 9.17) is 4.74 Å². The number of nitrogens with one attached hydrogen (secondary N) is 1. The molecule has 0 spiro atoms. The Morgan fingerprint density at radius 3 is 2.52 bits per heavy atom. The molecule has 3 rings (SSSR count). The minimum Gasteiger partial charge on any atom is -0.497 e. The smallest absolute Gasteiger partial charge is 0.325 e. The summed E-state index contributed by atoms with van der Waals surface area (Å²) in [7, 11) is 1.49. The monoisotopic (exact) mass is 370 g/mol. The van der Waals surface area contributed by atoms with Crippen LogP contribution in [-0.4, -0.2) is 36.3 Å². The summed E-state index contributed by atoms with van der Waals surface area (Å²) in [6.45, 7) is 1.36. The summed E-state index contributed by atoms with van der Waals surface area (Å²) in [5, 5.41) is 2.67. The van der Waals surface area contributed by atoms with Gasteiger partial charge in [0.15, 0.2) is 5.78 Å². The largest absolute Gasteiger partial charge is 0.497 e. The van der Waals surface area contributed by atoms with Gasteiger partial charge in [-0.1, -0.05) is 31.2 Å². The Labute approximate surface area is 155 Å². The molecule has 1 saturated heterocycles. The highest BCUT2D eigenvalue weighted by Crippen LogP contribution is 2.32. The van der Waals surface area contributed by atoms with E-state index in [1.54, 1.807) is 31.2 Å². The standard InChI is InChI=1S/C20H19FN2O4/c1-3-20(14-7-9-15(21)10-8-14)18(25)23(19(26)22-20)12-17(24)13-5-4-6-16(11-13)27-2/h4-11H,3,12H2,1-2H3,(H,22,26)/t20-/m1/s1. The molecule has 1 aliphatic rings. The lowest BCUT2D eigenvalue weighted by atomic mass is 9.87. The van der Waals surface area contributed by atoms with E-state index in [1.807, 2.05) is 0 Å². The number of Topliss-reactive ketones (excluding diaryl/α,β-unsaturated/α-hetero) is 1. The van der Waals surface area contributed by atoms with Crippen LogP contribution in [0.25, 0.3) is 0 Å². The van der Waals surface area contributed by atoms with Gasteiger partial charge in [0.05, 0.1) is 13.7 Å². The first-order valence-corrected chi connectivity index (χ1v) is 8.48. The first kappa shape index (κ1) is 18.6. The van der Waals surface area contributed by atoms with E-state index in [1.165, 1.54) is 31.4 Å². The van der Waals surface area contributed by atoms with Crippen LogP contribution in [0, 0.1) is 5.82 Å². The van der Waals surface area contributed by atoms with E-state index in [-0.39, 0.29) is 18.7 Å². The number of carbonyl (C=O) groups excluding carboxylic acids is 3. The van der Waals surface area contributed by atoms with Crippen LogP contribution in [0.5, 0.6) is 5.75 Å². The van der Waals surface area contributed by atoms with Crippen LogP contribution in [0.3, 0.4) is 0 Å². The highest BCUT2D eigenvalue weighted by molar-refractivity contribution is 6.11. The zero-order chi connectivity index (χ0) is 19.6. The minimum absolute atomic E-state index is 0.271. The van der Waals surface area contributed by atoms with Gasteiger partial charge in [0.2, 0.25) is 0 Å². The lowest BCUT2D eigenvalue weighted by molar-refractivity contribution is -0.131. The number of rotatable bonds is 6. The lowest BCUT2D eigenvalue weighted by Gasteiger charge is -2.25. The predicted octanol–water partition coefficient (Wildman–Crippen LogP) is 2.87. The Hall–Kier alpha value is -3.22. The van der Waals surface area contributed by atoms with E-state index in [0.717, 1.165) is 4.90 Å². The SMILES string of the molecule is CC[C@]1(c2ccc(F)cc2)NC(=O)N(CC(=O)c2cccc(OC)c2)C1=O. The molecule has 2 aromatic carbocycles. The molecule has 0 aromatic heterocycles. The van der Waals surface area contributed by atoms with Gasteiger partial charge in [0, 0.05) is 5.56 Å². The molecule has 1 N–H and O–H groups in total. The number of carbonyl (C=O) groups is 3. The van der Waals surface area contributed by atoms with Gasteiger partial charge in [-0.05, 0) is 36.2 Å². The van der Waals surface area contributed by atoms with Crippen LogP contribution in [0.4, 0.5) is 9.18 Å². The molecule has 3 amide bonds. The molecule has 1 atom stereocenters. The van der Waals surface area contributed by atoms with Crippen LogP contribution < -0.4 is 10.1 Å². The number of imide groups is 1. The minimum atomic E-state index is -1.31. The number of urea groups is 1. The summed E-state index contributed by atoms with van der Waals surface area (Å²) >= 11 is 0. The van der Waals surface area contributed by atoms with E-state index in [2.05, 4.69) is 5.32 Å². The summed E-state index contributed by atoms with van der Waals surface area (Å²) in [4.78, 5) is 38.9. The molecule has 0 bridgehead atoms. The number of benzene rings is 2. The van der Waals surface area contributed by atoms with E-state index in [9.17, 15) is 18.8 Å². The van der Waals surface area contributed by atoms with Gasteiger partial charge in [0.25, 0.3) is 5.91 Å². The Morgan fingerprint density at radius 1 is 1.19 bits per heavy atom. The molecule has 27 heavy (non-hydrogen) atoms. The molecule has 2 aromatic rings. The predicted molar refractivity (Wildman–Crippen MR) is 95.9 cm³/mol. The number of methoxy groups -OCH3 is 1. The second kappa shape index (κ2) is 7.19. The number of ether oxygens (including phenoxy) is 1. The molecule has 1 fully saturated rings. The third-order valence-corrected chi connectivity index (χ3v) is 4.74. The number of hydrogen-bond acceptors (Lipinski definition) is 4. The number of amides is 3. The van der Waals surface area contributed by atoms with Crippen LogP contribution in [-0.2, 0) is 10.3 Å². The van der Waals surface area contributed by atoms with E-state index < -0.39 is 23.3 Å². The Morgan fingerprint density at radius 2 is 1.89 bits per heavy atom. The van der Waals surface area contributed by atoms with Gasteiger partial charge in [-0.2, -0.15) is 0 Å². The Bertz CT molecular complexity index is 897. The quantitative estimate of drug-likeness (QED) is 0.627. The number of nitrogens with zero attached hydrogens (tertiary/aromatic N) is 1. The van der Waals surface area contributed by atoms with Gasteiger partial charge < -0.3 is 10.1 Å². The second-order valence-electron chi connectivity index (χ2n) is 6.24. The second-order valence-corrected chi connectivity index (χ2v) is 6.24. The highest BCUT2D eigenvalue weighted by atomic mass is 19.1. The summed E-state index contributed by atoms with van der Waals surface area (Å²) in [6.07, 6.45) is 0.271. The van der Waals surface area contributed by atoms with Crippen molar-refractivity contribution in [2.45, 2.75) is 18.9 Å². The molecule has 7 heteroatoms. The van der Waals surface area contributed by atoms with Crippen molar-refractivity contribution in [3.63, 3.8) is 0 Å². The average molecular weight is 370 g/mol. The van der Waals surface area contributed by atoms with Crippen LogP contribution in [0.15, 0.2) is 48.5 Å². The van der Waals surface area contributed by atoms with E-state index in [0.29, 0.717) is 16.9 Å². The van der Waals surface area contributed by atoms with Gasteiger partial charge in [-0.25, -0.2) is 9.18 Å². The summed E-state index contributed by atoms with van der Waals surface area (Å²) in [5.41, 5.74) is -0.494. The van der Waals surface area contributed by atoms with Crippen LogP contribution in [0.2, 0.25) is 0 Å². The molecule has 0 saturated carbocycles. The normalized spacial score (nSPS) is 19.1. The van der Waals surface area contributed by atoms with Crippen LogP contribution >= 0.6 is 0 Å². The molecule has 0 aliphatic carbocycles. The van der Waals surface area contributed by atoms with E-state index >= 15 is 0 Å². The first-order chi connectivity index (χ1) is 12.9. The van der Waals surface area contributed by atoms with Crippen molar-refractivity contribution in [2.24, 2.45) is 0 Å². The topological polar surface area (TPSA) is 75.7 Å². The van der Waals surface area contributed by atoms with Crippen LogP contribution in [0.1, 0.15) is 29.3 Å². The Kier molecular flexibility index (Phi) is 4.94. The molecular weight excluding hydrogens is 351 g/mol. The zero-order valence-corrected chi connectivity index (χ0v) is 15.0. The fourth-order valence-electron chi connectivity index (χ4n) is 3.17. The summed E-state index contributed by atoms with van der Waals surface area (Å²) in [6, 6.07) is 11.2. The molecular formula is C20H19FN2O4. The molecule has 0 radical (unpaired) electrons. The van der Waals surface area contributed by atoms with Crippen molar-refractivity contribution >= 4 is 17.7 Å². The summed E-state index contributed by atoms with van der Waals surface area (Å²) < 4.78 is 18.3. The first-order valence-electron chi connectivity index (χ1n) is 8.48. The van der Waals surface area contributed by atoms with Gasteiger partial charge in [-0.15, -0.1) is 0 Å². The number of hydrogen-bond donors (Lipinski definition) is 1. The van der Waals surface area contributed by atoms with Gasteiger partial charge in [0.1, 0.15) is 17.1 Å².